The summed E-state index contributed by atoms with van der Waals surface area (Å²) in [5.41, 5.74) is 2.34. The van der Waals surface area contributed by atoms with Crippen molar-refractivity contribution in [2.24, 2.45) is 0 Å². The van der Waals surface area contributed by atoms with Gasteiger partial charge >= 0.3 is 0 Å². The molecule has 1 aliphatic rings. The van der Waals surface area contributed by atoms with Gasteiger partial charge in [-0.2, -0.15) is 4.37 Å². The van der Waals surface area contributed by atoms with Crippen molar-refractivity contribution in [2.45, 2.75) is 19.4 Å². The van der Waals surface area contributed by atoms with Crippen LogP contribution >= 0.6 is 11.5 Å². The Hall–Kier alpha value is -1.92. The van der Waals surface area contributed by atoms with Crippen molar-refractivity contribution < 1.29 is 0 Å². The standard InChI is InChI=1S/C18H23N5S/c1-2-6-17-16(5-1)19-15-23(17)9-4-3-8-21-10-12-22(13-11-21)18-7-14-24-20-18/h1-2,5-7,14-15H,3-4,8-13H2. The predicted molar refractivity (Wildman–Crippen MR) is 99.7 cm³/mol. The van der Waals surface area contributed by atoms with E-state index in [0.29, 0.717) is 0 Å². The highest BCUT2D eigenvalue weighted by Gasteiger charge is 2.17. The number of aromatic nitrogens is 3. The van der Waals surface area contributed by atoms with Crippen molar-refractivity contribution >= 4 is 28.4 Å². The third-order valence-corrected chi connectivity index (χ3v) is 5.32. The number of nitrogens with zero attached hydrogens (tertiary/aromatic N) is 5. The molecule has 5 nitrogen and oxygen atoms in total. The molecule has 6 heteroatoms. The molecular weight excluding hydrogens is 318 g/mol. The summed E-state index contributed by atoms with van der Waals surface area (Å²) in [6, 6.07) is 10.5. The topological polar surface area (TPSA) is 37.2 Å². The first-order valence-corrected chi connectivity index (χ1v) is 9.51. The molecule has 0 unspecified atom stereocenters. The van der Waals surface area contributed by atoms with E-state index in [4.69, 9.17) is 0 Å². The maximum absolute atomic E-state index is 4.46. The summed E-state index contributed by atoms with van der Waals surface area (Å²) in [6.45, 7) is 6.72. The number of para-hydroxylation sites is 2. The molecule has 1 fully saturated rings. The molecule has 0 saturated carbocycles. The highest BCUT2D eigenvalue weighted by atomic mass is 32.1. The summed E-state index contributed by atoms with van der Waals surface area (Å²) in [5.74, 6) is 1.15. The number of hydrogen-bond acceptors (Lipinski definition) is 5. The number of aryl methyl sites for hydroxylation is 1. The third-order valence-electron chi connectivity index (χ3n) is 4.77. The number of rotatable bonds is 6. The predicted octanol–water partition coefficient (Wildman–Crippen LogP) is 3.10. The maximum Gasteiger partial charge on any atom is 0.142 e. The Balaban J connectivity index is 1.20. The van der Waals surface area contributed by atoms with Gasteiger partial charge in [-0.3, -0.25) is 4.90 Å². The van der Waals surface area contributed by atoms with E-state index in [1.807, 2.05) is 12.4 Å². The van der Waals surface area contributed by atoms with E-state index < -0.39 is 0 Å². The van der Waals surface area contributed by atoms with Gasteiger partial charge in [0.1, 0.15) is 5.82 Å². The zero-order valence-corrected chi connectivity index (χ0v) is 14.7. The van der Waals surface area contributed by atoms with Crippen molar-refractivity contribution in [2.75, 3.05) is 37.6 Å². The first-order valence-electron chi connectivity index (χ1n) is 8.68. The Kier molecular flexibility index (Phi) is 4.76. The number of fused-ring (bicyclic) bond motifs is 1. The monoisotopic (exact) mass is 341 g/mol. The van der Waals surface area contributed by atoms with Crippen molar-refractivity contribution in [1.29, 1.82) is 0 Å². The van der Waals surface area contributed by atoms with Gasteiger partial charge in [0.25, 0.3) is 0 Å². The van der Waals surface area contributed by atoms with Crippen LogP contribution in [0, 0.1) is 0 Å². The van der Waals surface area contributed by atoms with E-state index in [1.54, 1.807) is 0 Å². The van der Waals surface area contributed by atoms with E-state index in [1.165, 1.54) is 36.4 Å². The Bertz CT molecular complexity index is 759. The normalized spacial score (nSPS) is 16.1. The van der Waals surface area contributed by atoms with E-state index >= 15 is 0 Å². The molecule has 0 amide bonds. The van der Waals surface area contributed by atoms with Gasteiger partial charge in [0, 0.05) is 38.1 Å². The summed E-state index contributed by atoms with van der Waals surface area (Å²) in [4.78, 5) is 9.43. The van der Waals surface area contributed by atoms with Gasteiger partial charge in [0.2, 0.25) is 0 Å². The maximum atomic E-state index is 4.46. The van der Waals surface area contributed by atoms with E-state index in [-0.39, 0.29) is 0 Å². The van der Waals surface area contributed by atoms with Crippen molar-refractivity contribution in [3.63, 3.8) is 0 Å². The zero-order valence-electron chi connectivity index (χ0n) is 13.8. The van der Waals surface area contributed by atoms with Gasteiger partial charge in [-0.1, -0.05) is 12.1 Å². The van der Waals surface area contributed by atoms with Crippen LogP contribution in [-0.4, -0.2) is 51.5 Å². The number of benzene rings is 1. The molecule has 126 valence electrons. The Morgan fingerprint density at radius 3 is 2.62 bits per heavy atom. The SMILES string of the molecule is c1ccc2c(c1)ncn2CCCCN1CCN(c2ccsn2)CC1. The molecule has 1 aromatic carbocycles. The molecule has 0 N–H and O–H groups in total. The lowest BCUT2D eigenvalue weighted by molar-refractivity contribution is 0.251. The fourth-order valence-electron chi connectivity index (χ4n) is 3.38. The fraction of sp³-hybridized carbons (Fsp3) is 0.444. The molecule has 3 aromatic rings. The first-order chi connectivity index (χ1) is 11.9. The fourth-order valence-corrected chi connectivity index (χ4v) is 3.90. The largest absolute Gasteiger partial charge is 0.353 e. The van der Waals surface area contributed by atoms with E-state index in [2.05, 4.69) is 53.4 Å². The zero-order chi connectivity index (χ0) is 16.2. The van der Waals surface area contributed by atoms with Gasteiger partial charge < -0.3 is 9.47 Å². The molecule has 4 rings (SSSR count). The highest BCUT2D eigenvalue weighted by molar-refractivity contribution is 7.03. The molecule has 2 aromatic heterocycles. The minimum absolute atomic E-state index is 1.05. The van der Waals surface area contributed by atoms with Gasteiger partial charge in [0.05, 0.1) is 17.4 Å². The van der Waals surface area contributed by atoms with Crippen LogP contribution in [-0.2, 0) is 6.54 Å². The minimum Gasteiger partial charge on any atom is -0.353 e. The molecule has 24 heavy (non-hydrogen) atoms. The second-order valence-corrected chi connectivity index (χ2v) is 6.99. The van der Waals surface area contributed by atoms with Crippen LogP contribution in [0.25, 0.3) is 11.0 Å². The van der Waals surface area contributed by atoms with Crippen LogP contribution in [0.2, 0.25) is 0 Å². The van der Waals surface area contributed by atoms with Crippen molar-refractivity contribution in [3.8, 4) is 0 Å². The average Bonchev–Trinajstić information content (AvgIpc) is 3.30. The van der Waals surface area contributed by atoms with Crippen LogP contribution in [0.1, 0.15) is 12.8 Å². The molecule has 0 aliphatic carbocycles. The number of imidazole rings is 1. The van der Waals surface area contributed by atoms with Crippen LogP contribution < -0.4 is 4.90 Å². The molecular formula is C18H23N5S. The van der Waals surface area contributed by atoms with Crippen LogP contribution in [0.3, 0.4) is 0 Å². The average molecular weight is 341 g/mol. The smallest absolute Gasteiger partial charge is 0.142 e. The second-order valence-electron chi connectivity index (χ2n) is 6.32. The second kappa shape index (κ2) is 7.32. The van der Waals surface area contributed by atoms with Gasteiger partial charge in [0.15, 0.2) is 0 Å². The number of unbranched alkanes of at least 4 members (excludes halogenated alkanes) is 1. The Morgan fingerprint density at radius 2 is 1.79 bits per heavy atom. The lowest BCUT2D eigenvalue weighted by Gasteiger charge is -2.34. The van der Waals surface area contributed by atoms with Crippen molar-refractivity contribution in [3.05, 3.63) is 42.0 Å². The lowest BCUT2D eigenvalue weighted by Crippen LogP contribution is -2.46. The number of hydrogen-bond donors (Lipinski definition) is 0. The Labute approximate surface area is 146 Å². The Morgan fingerprint density at radius 1 is 0.958 bits per heavy atom. The molecule has 0 atom stereocenters. The van der Waals surface area contributed by atoms with E-state index in [9.17, 15) is 0 Å². The summed E-state index contributed by atoms with van der Waals surface area (Å²) >= 11 is 1.54. The molecule has 0 bridgehead atoms. The van der Waals surface area contributed by atoms with Crippen LogP contribution in [0.5, 0.6) is 0 Å². The summed E-state index contributed by atoms with van der Waals surface area (Å²) in [6.07, 6.45) is 4.41. The quantitative estimate of drug-likeness (QED) is 0.646. The third kappa shape index (κ3) is 3.44. The molecule has 1 saturated heterocycles. The molecule has 0 spiro atoms. The lowest BCUT2D eigenvalue weighted by atomic mass is 10.2. The summed E-state index contributed by atoms with van der Waals surface area (Å²) in [7, 11) is 0. The summed E-state index contributed by atoms with van der Waals surface area (Å²) < 4.78 is 6.71. The van der Waals surface area contributed by atoms with Gasteiger partial charge in [-0.25, -0.2) is 4.98 Å². The number of anilines is 1. The van der Waals surface area contributed by atoms with Gasteiger partial charge in [-0.15, -0.1) is 0 Å². The van der Waals surface area contributed by atoms with Crippen molar-refractivity contribution in [1.82, 2.24) is 18.8 Å². The first kappa shape index (κ1) is 15.6. The summed E-state index contributed by atoms with van der Waals surface area (Å²) in [5, 5.41) is 2.06. The molecule has 3 heterocycles. The highest BCUT2D eigenvalue weighted by Crippen LogP contribution is 2.16. The van der Waals surface area contributed by atoms with Gasteiger partial charge in [-0.05, 0) is 49.1 Å². The minimum atomic E-state index is 1.05. The van der Waals surface area contributed by atoms with Crippen LogP contribution in [0.4, 0.5) is 5.82 Å². The molecule has 1 aliphatic heterocycles. The van der Waals surface area contributed by atoms with E-state index in [0.717, 1.165) is 44.1 Å². The van der Waals surface area contributed by atoms with Crippen LogP contribution in [0.15, 0.2) is 42.0 Å². The molecule has 0 radical (unpaired) electrons. The number of piperazine rings is 1.